The maximum absolute atomic E-state index is 13.8. The predicted molar refractivity (Wildman–Crippen MR) is 74.5 cm³/mol. The van der Waals surface area contributed by atoms with Crippen LogP contribution in [0, 0.1) is 15.9 Å². The SMILES string of the molecule is CC(O)c1ccc(OCc2ccc([N+](=O)[O-])cc2)c(F)c1. The Hall–Kier alpha value is -2.47. The maximum Gasteiger partial charge on any atom is 0.269 e. The average molecular weight is 291 g/mol. The zero-order valence-electron chi connectivity index (χ0n) is 11.3. The summed E-state index contributed by atoms with van der Waals surface area (Å²) in [7, 11) is 0. The highest BCUT2D eigenvalue weighted by Crippen LogP contribution is 2.23. The van der Waals surface area contributed by atoms with Crippen molar-refractivity contribution in [2.45, 2.75) is 19.6 Å². The molecule has 1 atom stereocenters. The van der Waals surface area contributed by atoms with Crippen molar-refractivity contribution in [1.82, 2.24) is 0 Å². The molecule has 2 rings (SSSR count). The maximum atomic E-state index is 13.8. The van der Waals surface area contributed by atoms with Crippen LogP contribution < -0.4 is 4.74 Å². The molecule has 5 nitrogen and oxygen atoms in total. The number of ether oxygens (including phenoxy) is 1. The molecule has 6 heteroatoms. The number of hydrogen-bond acceptors (Lipinski definition) is 4. The van der Waals surface area contributed by atoms with Gasteiger partial charge in [-0.2, -0.15) is 0 Å². The molecular formula is C15H14FNO4. The van der Waals surface area contributed by atoms with Gasteiger partial charge in [0.2, 0.25) is 0 Å². The highest BCUT2D eigenvalue weighted by molar-refractivity contribution is 5.34. The Kier molecular flexibility index (Phi) is 4.49. The van der Waals surface area contributed by atoms with E-state index in [1.807, 2.05) is 0 Å². The molecule has 0 fully saturated rings. The standard InChI is InChI=1S/C15H14FNO4/c1-10(18)12-4-7-15(14(16)8-12)21-9-11-2-5-13(6-3-11)17(19)20/h2-8,10,18H,9H2,1H3. The van der Waals surface area contributed by atoms with Crippen LogP contribution in [0.15, 0.2) is 42.5 Å². The summed E-state index contributed by atoms with van der Waals surface area (Å²) in [5.74, 6) is -0.493. The van der Waals surface area contributed by atoms with E-state index in [-0.39, 0.29) is 18.0 Å². The van der Waals surface area contributed by atoms with Crippen molar-refractivity contribution in [1.29, 1.82) is 0 Å². The van der Waals surface area contributed by atoms with Crippen molar-refractivity contribution in [2.24, 2.45) is 0 Å². The van der Waals surface area contributed by atoms with Crippen LogP contribution in [0.5, 0.6) is 5.75 Å². The van der Waals surface area contributed by atoms with Crippen LogP contribution in [0.1, 0.15) is 24.2 Å². The molecule has 0 bridgehead atoms. The van der Waals surface area contributed by atoms with Crippen LogP contribution >= 0.6 is 0 Å². The van der Waals surface area contributed by atoms with E-state index in [2.05, 4.69) is 0 Å². The van der Waals surface area contributed by atoms with E-state index in [1.165, 1.54) is 24.3 Å². The Balaban J connectivity index is 2.04. The Morgan fingerprint density at radius 1 is 1.29 bits per heavy atom. The van der Waals surface area contributed by atoms with Gasteiger partial charge in [0.05, 0.1) is 11.0 Å². The van der Waals surface area contributed by atoms with Crippen molar-refractivity contribution >= 4 is 5.69 Å². The van der Waals surface area contributed by atoms with Gasteiger partial charge in [0.25, 0.3) is 5.69 Å². The van der Waals surface area contributed by atoms with Crippen molar-refractivity contribution in [3.05, 3.63) is 69.5 Å². The summed E-state index contributed by atoms with van der Waals surface area (Å²) in [4.78, 5) is 10.0. The first-order chi connectivity index (χ1) is 9.97. The van der Waals surface area contributed by atoms with Gasteiger partial charge in [0.15, 0.2) is 11.6 Å². The summed E-state index contributed by atoms with van der Waals surface area (Å²) in [6, 6.07) is 10.1. The molecule has 0 aliphatic rings. The first kappa shape index (κ1) is 14.9. The third-order valence-electron chi connectivity index (χ3n) is 2.98. The first-order valence-corrected chi connectivity index (χ1v) is 6.31. The van der Waals surface area contributed by atoms with E-state index in [1.54, 1.807) is 25.1 Å². The van der Waals surface area contributed by atoms with Gasteiger partial charge in [-0.1, -0.05) is 6.07 Å². The monoisotopic (exact) mass is 291 g/mol. The fourth-order valence-electron chi connectivity index (χ4n) is 1.77. The minimum Gasteiger partial charge on any atom is -0.486 e. The van der Waals surface area contributed by atoms with E-state index in [9.17, 15) is 19.6 Å². The molecule has 0 aliphatic heterocycles. The van der Waals surface area contributed by atoms with Crippen molar-refractivity contribution in [3.8, 4) is 5.75 Å². The molecule has 110 valence electrons. The van der Waals surface area contributed by atoms with E-state index in [0.29, 0.717) is 11.1 Å². The smallest absolute Gasteiger partial charge is 0.269 e. The molecule has 0 radical (unpaired) electrons. The predicted octanol–water partition coefficient (Wildman–Crippen LogP) is 3.37. The van der Waals surface area contributed by atoms with E-state index < -0.39 is 16.8 Å². The summed E-state index contributed by atoms with van der Waals surface area (Å²) in [5.41, 5.74) is 1.15. The summed E-state index contributed by atoms with van der Waals surface area (Å²) in [5, 5.41) is 19.9. The molecule has 21 heavy (non-hydrogen) atoms. The topological polar surface area (TPSA) is 72.6 Å². The molecule has 0 aromatic heterocycles. The van der Waals surface area contributed by atoms with Crippen molar-refractivity contribution < 1.29 is 19.2 Å². The lowest BCUT2D eigenvalue weighted by molar-refractivity contribution is -0.384. The molecule has 0 amide bonds. The summed E-state index contributed by atoms with van der Waals surface area (Å²) in [6.07, 6.45) is -0.747. The van der Waals surface area contributed by atoms with Crippen LogP contribution in [0.25, 0.3) is 0 Å². The number of benzene rings is 2. The lowest BCUT2D eigenvalue weighted by Crippen LogP contribution is -1.99. The second kappa shape index (κ2) is 6.32. The van der Waals surface area contributed by atoms with Crippen molar-refractivity contribution in [2.75, 3.05) is 0 Å². The Bertz CT molecular complexity index is 641. The third kappa shape index (κ3) is 3.76. The van der Waals surface area contributed by atoms with Gasteiger partial charge >= 0.3 is 0 Å². The minimum absolute atomic E-state index is 0.00813. The fourth-order valence-corrected chi connectivity index (χ4v) is 1.77. The van der Waals surface area contributed by atoms with E-state index in [0.717, 1.165) is 0 Å². The van der Waals surface area contributed by atoms with Crippen LogP contribution in [-0.2, 0) is 6.61 Å². The molecule has 0 heterocycles. The molecule has 0 saturated carbocycles. The molecule has 0 saturated heterocycles. The number of aliphatic hydroxyl groups is 1. The normalized spacial score (nSPS) is 12.0. The second-order valence-corrected chi connectivity index (χ2v) is 4.58. The molecule has 0 spiro atoms. The highest BCUT2D eigenvalue weighted by Gasteiger charge is 2.09. The summed E-state index contributed by atoms with van der Waals surface area (Å²) >= 11 is 0. The van der Waals surface area contributed by atoms with Crippen LogP contribution in [-0.4, -0.2) is 10.0 Å². The first-order valence-electron chi connectivity index (χ1n) is 6.31. The average Bonchev–Trinajstić information content (AvgIpc) is 2.46. The van der Waals surface area contributed by atoms with E-state index >= 15 is 0 Å². The Labute approximate surface area is 120 Å². The number of non-ortho nitro benzene ring substituents is 1. The minimum atomic E-state index is -0.747. The van der Waals surface area contributed by atoms with Gasteiger partial charge in [-0.3, -0.25) is 10.1 Å². The number of nitro groups is 1. The summed E-state index contributed by atoms with van der Waals surface area (Å²) < 4.78 is 19.1. The quantitative estimate of drug-likeness (QED) is 0.677. The van der Waals surface area contributed by atoms with Crippen LogP contribution in [0.2, 0.25) is 0 Å². The Morgan fingerprint density at radius 2 is 1.95 bits per heavy atom. The molecule has 2 aromatic carbocycles. The second-order valence-electron chi connectivity index (χ2n) is 4.58. The zero-order valence-corrected chi connectivity index (χ0v) is 11.3. The summed E-state index contributed by atoms with van der Waals surface area (Å²) in [6.45, 7) is 1.65. The third-order valence-corrected chi connectivity index (χ3v) is 2.98. The highest BCUT2D eigenvalue weighted by atomic mass is 19.1. The zero-order chi connectivity index (χ0) is 15.4. The largest absolute Gasteiger partial charge is 0.486 e. The number of nitrogens with zero attached hydrogens (tertiary/aromatic N) is 1. The van der Waals surface area contributed by atoms with Gasteiger partial charge < -0.3 is 9.84 Å². The number of halogens is 1. The fraction of sp³-hybridized carbons (Fsp3) is 0.200. The van der Waals surface area contributed by atoms with Gasteiger partial charge in [-0.25, -0.2) is 4.39 Å². The van der Waals surface area contributed by atoms with Crippen LogP contribution in [0.3, 0.4) is 0 Å². The number of nitro benzene ring substituents is 1. The lowest BCUT2D eigenvalue weighted by Gasteiger charge is -2.10. The van der Waals surface area contributed by atoms with Crippen LogP contribution in [0.4, 0.5) is 10.1 Å². The molecular weight excluding hydrogens is 277 g/mol. The molecule has 1 unspecified atom stereocenters. The Morgan fingerprint density at radius 3 is 2.48 bits per heavy atom. The number of aliphatic hydroxyl groups excluding tert-OH is 1. The van der Waals surface area contributed by atoms with Gasteiger partial charge in [-0.15, -0.1) is 0 Å². The van der Waals surface area contributed by atoms with Gasteiger partial charge in [0.1, 0.15) is 6.61 Å². The number of hydrogen-bond donors (Lipinski definition) is 1. The molecule has 0 aliphatic carbocycles. The van der Waals surface area contributed by atoms with E-state index in [4.69, 9.17) is 4.74 Å². The molecule has 2 aromatic rings. The number of rotatable bonds is 5. The lowest BCUT2D eigenvalue weighted by atomic mass is 10.1. The van der Waals surface area contributed by atoms with Gasteiger partial charge in [0, 0.05) is 12.1 Å². The van der Waals surface area contributed by atoms with Gasteiger partial charge in [-0.05, 0) is 42.3 Å². The van der Waals surface area contributed by atoms with Crippen molar-refractivity contribution in [3.63, 3.8) is 0 Å². The molecule has 1 N–H and O–H groups in total.